The third-order valence-corrected chi connectivity index (χ3v) is 6.02. The van der Waals surface area contributed by atoms with Crippen LogP contribution in [-0.2, 0) is 0 Å². The minimum atomic E-state index is 0.0972. The number of aromatic nitrogens is 1. The molecule has 2 aliphatic rings. The second-order valence-electron chi connectivity index (χ2n) is 7.81. The number of nitrogen functional groups attached to an aromatic ring is 1. The van der Waals surface area contributed by atoms with Crippen LogP contribution < -0.4 is 10.5 Å². The number of likely N-dealkylation sites (tertiary alicyclic amines) is 2. The highest BCUT2D eigenvalue weighted by Gasteiger charge is 2.37. The lowest BCUT2D eigenvalue weighted by Gasteiger charge is -2.49. The van der Waals surface area contributed by atoms with Gasteiger partial charge in [-0.05, 0) is 44.5 Å². The topological polar surface area (TPSA) is 71.7 Å². The lowest BCUT2D eigenvalue weighted by atomic mass is 9.97. The molecule has 3 heterocycles. The van der Waals surface area contributed by atoms with E-state index in [0.29, 0.717) is 34.8 Å². The van der Waals surface area contributed by atoms with E-state index in [0.717, 1.165) is 25.2 Å². The standard InChI is InChI=1S/C22H28N4O2/c1-15-5-3-4-12-26(15)18-13-25(14-18)22(27)17-8-6-16(7-9-17)20-21(28-2)19(23)10-11-24-20/h6-11,15,18H,3-5,12-14H2,1-2H3,(H2,23,24)/t15-/m1/s1. The summed E-state index contributed by atoms with van der Waals surface area (Å²) in [6.45, 7) is 5.13. The van der Waals surface area contributed by atoms with E-state index >= 15 is 0 Å². The smallest absolute Gasteiger partial charge is 0.253 e. The minimum absolute atomic E-state index is 0.0972. The monoisotopic (exact) mass is 380 g/mol. The van der Waals surface area contributed by atoms with Crippen LogP contribution >= 0.6 is 0 Å². The summed E-state index contributed by atoms with van der Waals surface area (Å²) < 4.78 is 5.38. The molecule has 6 nitrogen and oxygen atoms in total. The van der Waals surface area contributed by atoms with Crippen molar-refractivity contribution in [3.05, 3.63) is 42.1 Å². The largest absolute Gasteiger partial charge is 0.492 e. The number of benzene rings is 1. The number of nitrogens with two attached hydrogens (primary N) is 1. The van der Waals surface area contributed by atoms with E-state index in [9.17, 15) is 4.79 Å². The van der Waals surface area contributed by atoms with Gasteiger partial charge in [0, 0.05) is 42.5 Å². The van der Waals surface area contributed by atoms with Crippen LogP contribution in [0.3, 0.4) is 0 Å². The second-order valence-corrected chi connectivity index (χ2v) is 7.81. The molecule has 2 saturated heterocycles. The molecule has 28 heavy (non-hydrogen) atoms. The van der Waals surface area contributed by atoms with Gasteiger partial charge in [0.1, 0.15) is 5.69 Å². The van der Waals surface area contributed by atoms with E-state index in [-0.39, 0.29) is 5.91 Å². The Labute approximate surface area is 166 Å². The van der Waals surface area contributed by atoms with Gasteiger partial charge in [0.15, 0.2) is 5.75 Å². The van der Waals surface area contributed by atoms with Gasteiger partial charge in [-0.3, -0.25) is 14.7 Å². The van der Waals surface area contributed by atoms with Crippen molar-refractivity contribution in [1.82, 2.24) is 14.8 Å². The minimum Gasteiger partial charge on any atom is -0.492 e. The molecule has 2 N–H and O–H groups in total. The van der Waals surface area contributed by atoms with Gasteiger partial charge in [0.05, 0.1) is 12.8 Å². The molecule has 0 unspecified atom stereocenters. The molecule has 0 saturated carbocycles. The summed E-state index contributed by atoms with van der Waals surface area (Å²) in [5.74, 6) is 0.655. The molecule has 1 amide bonds. The van der Waals surface area contributed by atoms with Crippen molar-refractivity contribution in [3.8, 4) is 17.0 Å². The highest BCUT2D eigenvalue weighted by Crippen LogP contribution is 2.33. The molecule has 0 aliphatic carbocycles. The summed E-state index contributed by atoms with van der Waals surface area (Å²) in [7, 11) is 1.58. The molecule has 1 aromatic heterocycles. The van der Waals surface area contributed by atoms with Crippen LogP contribution in [0.2, 0.25) is 0 Å². The van der Waals surface area contributed by atoms with Crippen LogP contribution in [-0.4, -0.2) is 59.5 Å². The predicted molar refractivity (Wildman–Crippen MR) is 110 cm³/mol. The Morgan fingerprint density at radius 3 is 2.61 bits per heavy atom. The fourth-order valence-corrected chi connectivity index (χ4v) is 4.33. The highest BCUT2D eigenvalue weighted by atomic mass is 16.5. The van der Waals surface area contributed by atoms with Crippen LogP contribution in [0, 0.1) is 0 Å². The van der Waals surface area contributed by atoms with Gasteiger partial charge >= 0.3 is 0 Å². The molecule has 0 spiro atoms. The van der Waals surface area contributed by atoms with Crippen LogP contribution in [0.15, 0.2) is 36.5 Å². The van der Waals surface area contributed by atoms with Gasteiger partial charge in [-0.1, -0.05) is 18.6 Å². The number of piperidine rings is 1. The molecule has 148 valence electrons. The van der Waals surface area contributed by atoms with Crippen molar-refractivity contribution in [2.75, 3.05) is 32.5 Å². The van der Waals surface area contributed by atoms with E-state index in [1.165, 1.54) is 19.3 Å². The lowest BCUT2D eigenvalue weighted by molar-refractivity contribution is 0.00213. The summed E-state index contributed by atoms with van der Waals surface area (Å²) in [5.41, 5.74) is 8.78. The first-order valence-corrected chi connectivity index (χ1v) is 10.0. The molecule has 2 fully saturated rings. The highest BCUT2D eigenvalue weighted by molar-refractivity contribution is 5.95. The fraction of sp³-hybridized carbons (Fsp3) is 0.455. The van der Waals surface area contributed by atoms with Gasteiger partial charge in [-0.2, -0.15) is 0 Å². The molecular weight excluding hydrogens is 352 g/mol. The zero-order chi connectivity index (χ0) is 19.7. The summed E-state index contributed by atoms with van der Waals surface area (Å²) in [4.78, 5) is 21.7. The van der Waals surface area contributed by atoms with Crippen molar-refractivity contribution >= 4 is 11.6 Å². The van der Waals surface area contributed by atoms with E-state index in [1.54, 1.807) is 19.4 Å². The van der Waals surface area contributed by atoms with Gasteiger partial charge in [-0.15, -0.1) is 0 Å². The van der Waals surface area contributed by atoms with E-state index in [4.69, 9.17) is 10.5 Å². The first-order valence-electron chi connectivity index (χ1n) is 10.0. The number of nitrogens with zero attached hydrogens (tertiary/aromatic N) is 3. The zero-order valence-electron chi connectivity index (χ0n) is 16.6. The van der Waals surface area contributed by atoms with Gasteiger partial charge in [-0.25, -0.2) is 0 Å². The summed E-state index contributed by atoms with van der Waals surface area (Å²) in [6.07, 6.45) is 5.53. The number of carbonyl (C=O) groups is 1. The van der Waals surface area contributed by atoms with Gasteiger partial charge in [0.2, 0.25) is 0 Å². The number of rotatable bonds is 4. The number of methoxy groups -OCH3 is 1. The fourth-order valence-electron chi connectivity index (χ4n) is 4.33. The third-order valence-electron chi connectivity index (χ3n) is 6.02. The summed E-state index contributed by atoms with van der Waals surface area (Å²) >= 11 is 0. The van der Waals surface area contributed by atoms with E-state index in [1.807, 2.05) is 29.2 Å². The Kier molecular flexibility index (Phi) is 5.22. The number of anilines is 1. The number of hydrogen-bond donors (Lipinski definition) is 1. The van der Waals surface area contributed by atoms with Crippen molar-refractivity contribution in [2.45, 2.75) is 38.3 Å². The van der Waals surface area contributed by atoms with Crippen LogP contribution in [0.4, 0.5) is 5.69 Å². The summed E-state index contributed by atoms with van der Waals surface area (Å²) in [5, 5.41) is 0. The Balaban J connectivity index is 1.42. The molecule has 1 aromatic carbocycles. The Morgan fingerprint density at radius 2 is 1.93 bits per heavy atom. The van der Waals surface area contributed by atoms with Crippen LogP contribution in [0.1, 0.15) is 36.5 Å². The number of carbonyl (C=O) groups excluding carboxylic acids is 1. The maximum absolute atomic E-state index is 12.8. The average Bonchev–Trinajstić information content (AvgIpc) is 2.68. The molecule has 2 aliphatic heterocycles. The van der Waals surface area contributed by atoms with Crippen molar-refractivity contribution in [3.63, 3.8) is 0 Å². The zero-order valence-corrected chi connectivity index (χ0v) is 16.6. The molecule has 0 bridgehead atoms. The molecule has 4 rings (SSSR count). The molecule has 1 atom stereocenters. The number of pyridine rings is 1. The van der Waals surface area contributed by atoms with Gasteiger partial charge < -0.3 is 15.4 Å². The Morgan fingerprint density at radius 1 is 1.18 bits per heavy atom. The molecule has 0 radical (unpaired) electrons. The first-order chi connectivity index (χ1) is 13.6. The van der Waals surface area contributed by atoms with Crippen molar-refractivity contribution in [2.24, 2.45) is 0 Å². The molecule has 2 aromatic rings. The van der Waals surface area contributed by atoms with Crippen molar-refractivity contribution in [1.29, 1.82) is 0 Å². The number of ether oxygens (including phenoxy) is 1. The second kappa shape index (κ2) is 7.80. The predicted octanol–water partition coefficient (Wildman–Crippen LogP) is 3.04. The van der Waals surface area contributed by atoms with E-state index in [2.05, 4.69) is 16.8 Å². The number of amides is 1. The quantitative estimate of drug-likeness (QED) is 0.883. The lowest BCUT2D eigenvalue weighted by Crippen LogP contribution is -2.63. The SMILES string of the molecule is COc1c(N)ccnc1-c1ccc(C(=O)N2CC(N3CCCC[C@H]3C)C2)cc1. The first kappa shape index (κ1) is 18.7. The normalized spacial score (nSPS) is 20.6. The Bertz CT molecular complexity index is 846. The number of hydrogen-bond acceptors (Lipinski definition) is 5. The van der Waals surface area contributed by atoms with Gasteiger partial charge in [0.25, 0.3) is 5.91 Å². The van der Waals surface area contributed by atoms with Crippen molar-refractivity contribution < 1.29 is 9.53 Å². The van der Waals surface area contributed by atoms with Crippen LogP contribution in [0.25, 0.3) is 11.3 Å². The summed E-state index contributed by atoms with van der Waals surface area (Å²) in [6, 6.07) is 10.4. The molecular formula is C22H28N4O2. The third kappa shape index (κ3) is 3.44. The maximum Gasteiger partial charge on any atom is 0.253 e. The van der Waals surface area contributed by atoms with E-state index < -0.39 is 0 Å². The van der Waals surface area contributed by atoms with Crippen LogP contribution in [0.5, 0.6) is 5.75 Å². The molecule has 6 heteroatoms. The Hall–Kier alpha value is -2.60. The average molecular weight is 380 g/mol. The maximum atomic E-state index is 12.8.